The lowest BCUT2D eigenvalue weighted by molar-refractivity contribution is 0.172. The molecule has 4 heteroatoms. The molecule has 19 heavy (non-hydrogen) atoms. The predicted molar refractivity (Wildman–Crippen MR) is 74.7 cm³/mol. The Hall–Kier alpha value is -1.68. The highest BCUT2D eigenvalue weighted by Gasteiger charge is 2.15. The Morgan fingerprint density at radius 3 is 2.68 bits per heavy atom. The fourth-order valence-electron chi connectivity index (χ4n) is 2.19. The first-order valence-electron chi connectivity index (χ1n) is 6.68. The SMILES string of the molecule is Cc1ccccc1C(O)Cc1ncnn1CC(C)C. The standard InChI is InChI=1S/C15H21N3O/c1-11(2)9-18-15(16-10-17-18)8-14(19)13-7-5-4-6-12(13)3/h4-7,10-11,14,19H,8-9H2,1-3H3. The van der Waals surface area contributed by atoms with Crippen LogP contribution in [-0.4, -0.2) is 19.9 Å². The van der Waals surface area contributed by atoms with Gasteiger partial charge in [0.15, 0.2) is 0 Å². The van der Waals surface area contributed by atoms with Crippen LogP contribution in [0.4, 0.5) is 0 Å². The molecule has 2 rings (SSSR count). The summed E-state index contributed by atoms with van der Waals surface area (Å²) in [7, 11) is 0. The third-order valence-electron chi connectivity index (χ3n) is 3.16. The Balaban J connectivity index is 2.13. The van der Waals surface area contributed by atoms with Gasteiger partial charge in [-0.05, 0) is 24.0 Å². The number of aliphatic hydroxyl groups is 1. The summed E-state index contributed by atoms with van der Waals surface area (Å²) in [5, 5.41) is 14.6. The quantitative estimate of drug-likeness (QED) is 0.897. The Morgan fingerprint density at radius 2 is 2.00 bits per heavy atom. The van der Waals surface area contributed by atoms with Crippen LogP contribution in [0.3, 0.4) is 0 Å². The molecular formula is C15H21N3O. The van der Waals surface area contributed by atoms with Crippen LogP contribution in [0.2, 0.25) is 0 Å². The topological polar surface area (TPSA) is 50.9 Å². The fraction of sp³-hybridized carbons (Fsp3) is 0.467. The first-order valence-corrected chi connectivity index (χ1v) is 6.68. The second-order valence-corrected chi connectivity index (χ2v) is 5.33. The van der Waals surface area contributed by atoms with Crippen molar-refractivity contribution in [1.82, 2.24) is 14.8 Å². The van der Waals surface area contributed by atoms with Crippen molar-refractivity contribution < 1.29 is 5.11 Å². The number of aliphatic hydroxyl groups excluding tert-OH is 1. The molecule has 4 nitrogen and oxygen atoms in total. The van der Waals surface area contributed by atoms with Crippen LogP contribution >= 0.6 is 0 Å². The van der Waals surface area contributed by atoms with E-state index in [1.165, 1.54) is 0 Å². The number of aryl methyl sites for hydroxylation is 1. The van der Waals surface area contributed by atoms with Crippen molar-refractivity contribution >= 4 is 0 Å². The first kappa shape index (κ1) is 13.7. The fourth-order valence-corrected chi connectivity index (χ4v) is 2.19. The van der Waals surface area contributed by atoms with E-state index >= 15 is 0 Å². The zero-order chi connectivity index (χ0) is 13.8. The molecule has 1 aromatic carbocycles. The third-order valence-corrected chi connectivity index (χ3v) is 3.16. The lowest BCUT2D eigenvalue weighted by Gasteiger charge is -2.14. The van der Waals surface area contributed by atoms with E-state index in [0.29, 0.717) is 12.3 Å². The van der Waals surface area contributed by atoms with Crippen LogP contribution in [0.5, 0.6) is 0 Å². The highest BCUT2D eigenvalue weighted by Crippen LogP contribution is 2.20. The highest BCUT2D eigenvalue weighted by atomic mass is 16.3. The molecule has 0 saturated heterocycles. The van der Waals surface area contributed by atoms with Gasteiger partial charge in [-0.2, -0.15) is 5.10 Å². The molecule has 0 bridgehead atoms. The maximum atomic E-state index is 10.4. The van der Waals surface area contributed by atoms with Gasteiger partial charge in [0.2, 0.25) is 0 Å². The summed E-state index contributed by atoms with van der Waals surface area (Å²) >= 11 is 0. The van der Waals surface area contributed by atoms with E-state index in [-0.39, 0.29) is 0 Å². The van der Waals surface area contributed by atoms with E-state index in [1.54, 1.807) is 6.33 Å². The molecule has 0 amide bonds. The summed E-state index contributed by atoms with van der Waals surface area (Å²) in [6.45, 7) is 7.12. The molecule has 0 spiro atoms. The molecule has 1 atom stereocenters. The van der Waals surface area contributed by atoms with Crippen LogP contribution in [0.1, 0.15) is 36.9 Å². The molecule has 1 unspecified atom stereocenters. The number of hydrogen-bond donors (Lipinski definition) is 1. The van der Waals surface area contributed by atoms with Crippen LogP contribution in [0.15, 0.2) is 30.6 Å². The van der Waals surface area contributed by atoms with Crippen LogP contribution in [0.25, 0.3) is 0 Å². The average molecular weight is 259 g/mol. The lowest BCUT2D eigenvalue weighted by Crippen LogP contribution is -2.13. The average Bonchev–Trinajstić information content (AvgIpc) is 2.76. The molecule has 0 fully saturated rings. The molecular weight excluding hydrogens is 238 g/mol. The van der Waals surface area contributed by atoms with E-state index in [9.17, 15) is 5.11 Å². The van der Waals surface area contributed by atoms with Gasteiger partial charge < -0.3 is 5.11 Å². The summed E-state index contributed by atoms with van der Waals surface area (Å²) in [6, 6.07) is 7.90. The predicted octanol–water partition coefficient (Wildman–Crippen LogP) is 2.52. The normalized spacial score (nSPS) is 12.9. The summed E-state index contributed by atoms with van der Waals surface area (Å²) in [6.07, 6.45) is 1.52. The van der Waals surface area contributed by atoms with E-state index in [4.69, 9.17) is 0 Å². The van der Waals surface area contributed by atoms with Crippen molar-refractivity contribution in [3.63, 3.8) is 0 Å². The number of aromatic nitrogens is 3. The first-order chi connectivity index (χ1) is 9.08. The molecule has 0 aliphatic rings. The third kappa shape index (κ3) is 3.41. The van der Waals surface area contributed by atoms with Gasteiger partial charge in [-0.15, -0.1) is 0 Å². The Labute approximate surface area is 114 Å². The Bertz CT molecular complexity index is 534. The minimum absolute atomic E-state index is 0.498. The van der Waals surface area contributed by atoms with Crippen molar-refractivity contribution in [1.29, 1.82) is 0 Å². The van der Waals surface area contributed by atoms with Gasteiger partial charge in [0, 0.05) is 13.0 Å². The Kier molecular flexibility index (Phi) is 4.32. The summed E-state index contributed by atoms with van der Waals surface area (Å²) < 4.78 is 1.88. The van der Waals surface area contributed by atoms with Crippen LogP contribution < -0.4 is 0 Å². The molecule has 1 N–H and O–H groups in total. The van der Waals surface area contributed by atoms with Crippen molar-refractivity contribution in [2.75, 3.05) is 0 Å². The minimum Gasteiger partial charge on any atom is -0.388 e. The summed E-state index contributed by atoms with van der Waals surface area (Å²) in [4.78, 5) is 4.26. The number of hydrogen-bond acceptors (Lipinski definition) is 3. The molecule has 0 aliphatic carbocycles. The van der Waals surface area contributed by atoms with Gasteiger partial charge in [0.05, 0.1) is 6.10 Å². The van der Waals surface area contributed by atoms with E-state index in [0.717, 1.165) is 23.5 Å². The van der Waals surface area contributed by atoms with Gasteiger partial charge in [0.1, 0.15) is 12.2 Å². The zero-order valence-corrected chi connectivity index (χ0v) is 11.7. The van der Waals surface area contributed by atoms with Crippen molar-refractivity contribution in [2.24, 2.45) is 5.92 Å². The highest BCUT2D eigenvalue weighted by molar-refractivity contribution is 5.28. The minimum atomic E-state index is -0.531. The van der Waals surface area contributed by atoms with E-state index < -0.39 is 6.10 Å². The number of nitrogens with zero attached hydrogens (tertiary/aromatic N) is 3. The maximum absolute atomic E-state index is 10.4. The summed E-state index contributed by atoms with van der Waals surface area (Å²) in [5.74, 6) is 1.35. The van der Waals surface area contributed by atoms with Gasteiger partial charge >= 0.3 is 0 Å². The molecule has 0 saturated carbocycles. The van der Waals surface area contributed by atoms with Gasteiger partial charge in [-0.3, -0.25) is 0 Å². The van der Waals surface area contributed by atoms with Gasteiger partial charge in [0.25, 0.3) is 0 Å². The smallest absolute Gasteiger partial charge is 0.138 e. The van der Waals surface area contributed by atoms with Crippen molar-refractivity contribution in [2.45, 2.75) is 39.8 Å². The van der Waals surface area contributed by atoms with Crippen molar-refractivity contribution in [3.8, 4) is 0 Å². The largest absolute Gasteiger partial charge is 0.388 e. The monoisotopic (exact) mass is 259 g/mol. The van der Waals surface area contributed by atoms with Crippen LogP contribution in [0, 0.1) is 12.8 Å². The number of rotatable bonds is 5. The maximum Gasteiger partial charge on any atom is 0.138 e. The zero-order valence-electron chi connectivity index (χ0n) is 11.7. The second kappa shape index (κ2) is 5.97. The van der Waals surface area contributed by atoms with E-state index in [1.807, 2.05) is 35.9 Å². The molecule has 1 aromatic heterocycles. The van der Waals surface area contributed by atoms with Gasteiger partial charge in [-0.1, -0.05) is 38.1 Å². The molecule has 0 radical (unpaired) electrons. The summed E-state index contributed by atoms with van der Waals surface area (Å²) in [5.41, 5.74) is 2.06. The molecule has 1 heterocycles. The van der Waals surface area contributed by atoms with Gasteiger partial charge in [-0.25, -0.2) is 9.67 Å². The van der Waals surface area contributed by atoms with Crippen LogP contribution in [-0.2, 0) is 13.0 Å². The number of benzene rings is 1. The molecule has 2 aromatic rings. The van der Waals surface area contributed by atoms with Crippen molar-refractivity contribution in [3.05, 3.63) is 47.5 Å². The second-order valence-electron chi connectivity index (χ2n) is 5.33. The molecule has 102 valence electrons. The van der Waals surface area contributed by atoms with E-state index in [2.05, 4.69) is 23.9 Å². The lowest BCUT2D eigenvalue weighted by atomic mass is 10.0. The Morgan fingerprint density at radius 1 is 1.26 bits per heavy atom. The molecule has 0 aliphatic heterocycles.